The van der Waals surface area contributed by atoms with Gasteiger partial charge in [-0.25, -0.2) is 0 Å². The van der Waals surface area contributed by atoms with Crippen LogP contribution in [-0.4, -0.2) is 32.3 Å². The van der Waals surface area contributed by atoms with Gasteiger partial charge in [-0.1, -0.05) is 12.1 Å². The van der Waals surface area contributed by atoms with Crippen molar-refractivity contribution in [1.29, 1.82) is 0 Å². The number of nitrogens with one attached hydrogen (secondary N) is 1. The summed E-state index contributed by atoms with van der Waals surface area (Å²) >= 11 is 0. The van der Waals surface area contributed by atoms with Crippen molar-refractivity contribution in [3.8, 4) is 5.75 Å². The number of anilines is 1. The third-order valence-corrected chi connectivity index (χ3v) is 3.18. The van der Waals surface area contributed by atoms with Crippen molar-refractivity contribution in [1.82, 2.24) is 5.32 Å². The molecule has 1 N–H and O–H groups in total. The number of nitrogens with zero attached hydrogens (tertiary/aromatic N) is 1. The maximum atomic E-state index is 5.43. The molecule has 16 heavy (non-hydrogen) atoms. The van der Waals surface area contributed by atoms with Crippen molar-refractivity contribution in [3.05, 3.63) is 24.3 Å². The smallest absolute Gasteiger partial charge is 0.142 e. The molecule has 1 aliphatic rings. The lowest BCUT2D eigenvalue weighted by atomic mass is 9.99. The lowest BCUT2D eigenvalue weighted by Gasteiger charge is -2.44. The minimum absolute atomic E-state index is 0.132. The molecule has 0 saturated carbocycles. The van der Waals surface area contributed by atoms with E-state index >= 15 is 0 Å². The highest BCUT2D eigenvalue weighted by Crippen LogP contribution is 2.33. The van der Waals surface area contributed by atoms with Gasteiger partial charge < -0.3 is 15.0 Å². The maximum Gasteiger partial charge on any atom is 0.142 e. The van der Waals surface area contributed by atoms with Crippen LogP contribution in [0.4, 0.5) is 5.69 Å². The summed E-state index contributed by atoms with van der Waals surface area (Å²) in [6.07, 6.45) is 0. The van der Waals surface area contributed by atoms with Gasteiger partial charge in [-0.3, -0.25) is 0 Å². The molecule has 0 radical (unpaired) electrons. The molecule has 0 aromatic heterocycles. The Morgan fingerprint density at radius 1 is 1.31 bits per heavy atom. The van der Waals surface area contributed by atoms with Crippen molar-refractivity contribution in [2.75, 3.05) is 31.6 Å². The van der Waals surface area contributed by atoms with Gasteiger partial charge >= 0.3 is 0 Å². The first-order chi connectivity index (χ1) is 7.65. The monoisotopic (exact) mass is 220 g/mol. The largest absolute Gasteiger partial charge is 0.495 e. The Kier molecular flexibility index (Phi) is 3.06. The van der Waals surface area contributed by atoms with E-state index in [1.165, 1.54) is 5.69 Å². The van der Waals surface area contributed by atoms with Crippen LogP contribution < -0.4 is 15.0 Å². The van der Waals surface area contributed by atoms with Crippen LogP contribution >= 0.6 is 0 Å². The molecule has 0 aliphatic carbocycles. The van der Waals surface area contributed by atoms with Gasteiger partial charge in [0.1, 0.15) is 5.75 Å². The molecule has 1 heterocycles. The van der Waals surface area contributed by atoms with Crippen molar-refractivity contribution >= 4 is 5.69 Å². The molecule has 1 aromatic carbocycles. The molecular weight excluding hydrogens is 200 g/mol. The summed E-state index contributed by atoms with van der Waals surface area (Å²) in [5.74, 6) is 0.956. The molecule has 3 heteroatoms. The summed E-state index contributed by atoms with van der Waals surface area (Å²) in [4.78, 5) is 2.42. The minimum atomic E-state index is 0.132. The molecule has 1 aromatic rings. The molecule has 88 valence electrons. The van der Waals surface area contributed by atoms with E-state index in [-0.39, 0.29) is 5.54 Å². The highest BCUT2D eigenvalue weighted by Gasteiger charge is 2.31. The topological polar surface area (TPSA) is 24.5 Å². The molecule has 3 nitrogen and oxygen atoms in total. The fraction of sp³-hybridized carbons (Fsp3) is 0.538. The summed E-state index contributed by atoms with van der Waals surface area (Å²) in [5.41, 5.74) is 1.32. The van der Waals surface area contributed by atoms with Crippen LogP contribution in [0.15, 0.2) is 24.3 Å². The van der Waals surface area contributed by atoms with Gasteiger partial charge in [0.15, 0.2) is 0 Å². The summed E-state index contributed by atoms with van der Waals surface area (Å²) in [7, 11) is 1.73. The van der Waals surface area contributed by atoms with E-state index < -0.39 is 0 Å². The zero-order chi connectivity index (χ0) is 11.6. The first-order valence-corrected chi connectivity index (χ1v) is 5.76. The molecular formula is C13H20N2O. The van der Waals surface area contributed by atoms with Gasteiger partial charge in [0.05, 0.1) is 12.8 Å². The molecule has 0 bridgehead atoms. The van der Waals surface area contributed by atoms with Crippen molar-refractivity contribution in [3.63, 3.8) is 0 Å². The lowest BCUT2D eigenvalue weighted by molar-refractivity contribution is 0.367. The lowest BCUT2D eigenvalue weighted by Crippen LogP contribution is -2.58. The summed E-state index contributed by atoms with van der Waals surface area (Å²) in [5, 5.41) is 3.43. The average Bonchev–Trinajstić information content (AvgIpc) is 2.28. The van der Waals surface area contributed by atoms with Crippen LogP contribution in [0.3, 0.4) is 0 Å². The van der Waals surface area contributed by atoms with Crippen molar-refractivity contribution in [2.24, 2.45) is 0 Å². The van der Waals surface area contributed by atoms with E-state index in [1.807, 2.05) is 12.1 Å². The number of para-hydroxylation sites is 2. The Bertz CT molecular complexity index is 363. The van der Waals surface area contributed by atoms with Gasteiger partial charge in [0, 0.05) is 25.2 Å². The van der Waals surface area contributed by atoms with Crippen LogP contribution in [0.1, 0.15) is 13.8 Å². The van der Waals surface area contributed by atoms with E-state index in [0.717, 1.165) is 25.4 Å². The standard InChI is InChI=1S/C13H20N2O/c1-13(2)10-14-8-9-15(13)11-6-4-5-7-12(11)16-3/h4-7,14H,8-10H2,1-3H3. The Morgan fingerprint density at radius 3 is 2.75 bits per heavy atom. The Labute approximate surface area is 97.4 Å². The first kappa shape index (κ1) is 11.3. The fourth-order valence-electron chi connectivity index (χ4n) is 2.28. The Hall–Kier alpha value is -1.22. The summed E-state index contributed by atoms with van der Waals surface area (Å²) in [6.45, 7) is 7.57. The Balaban J connectivity index is 2.34. The van der Waals surface area contributed by atoms with Gasteiger partial charge in [-0.2, -0.15) is 0 Å². The number of hydrogen-bond donors (Lipinski definition) is 1. The number of hydrogen-bond acceptors (Lipinski definition) is 3. The molecule has 1 fully saturated rings. The number of rotatable bonds is 2. The molecule has 2 rings (SSSR count). The van der Waals surface area contributed by atoms with Crippen LogP contribution in [-0.2, 0) is 0 Å². The molecule has 0 unspecified atom stereocenters. The second-order valence-electron chi connectivity index (χ2n) is 4.81. The first-order valence-electron chi connectivity index (χ1n) is 5.76. The van der Waals surface area contributed by atoms with E-state index in [1.54, 1.807) is 7.11 Å². The number of ether oxygens (including phenoxy) is 1. The SMILES string of the molecule is COc1ccccc1N1CCNCC1(C)C. The second-order valence-corrected chi connectivity index (χ2v) is 4.81. The van der Waals surface area contributed by atoms with Gasteiger partial charge in [-0.05, 0) is 26.0 Å². The average molecular weight is 220 g/mol. The van der Waals surface area contributed by atoms with Crippen LogP contribution in [0.5, 0.6) is 5.75 Å². The van der Waals surface area contributed by atoms with E-state index in [4.69, 9.17) is 4.74 Å². The van der Waals surface area contributed by atoms with Gasteiger partial charge in [-0.15, -0.1) is 0 Å². The van der Waals surface area contributed by atoms with E-state index in [2.05, 4.69) is 36.2 Å². The van der Waals surface area contributed by atoms with Crippen LogP contribution in [0.25, 0.3) is 0 Å². The van der Waals surface area contributed by atoms with Crippen molar-refractivity contribution in [2.45, 2.75) is 19.4 Å². The predicted molar refractivity (Wildman–Crippen MR) is 67.3 cm³/mol. The maximum absolute atomic E-state index is 5.43. The van der Waals surface area contributed by atoms with Crippen molar-refractivity contribution < 1.29 is 4.74 Å². The molecule has 0 atom stereocenters. The highest BCUT2D eigenvalue weighted by atomic mass is 16.5. The van der Waals surface area contributed by atoms with Gasteiger partial charge in [0.2, 0.25) is 0 Å². The number of benzene rings is 1. The summed E-state index contributed by atoms with van der Waals surface area (Å²) in [6, 6.07) is 8.23. The molecule has 0 amide bonds. The third kappa shape index (κ3) is 2.00. The zero-order valence-electron chi connectivity index (χ0n) is 10.3. The third-order valence-electron chi connectivity index (χ3n) is 3.18. The highest BCUT2D eigenvalue weighted by molar-refractivity contribution is 5.60. The molecule has 0 spiro atoms. The van der Waals surface area contributed by atoms with Crippen LogP contribution in [0.2, 0.25) is 0 Å². The summed E-state index contributed by atoms with van der Waals surface area (Å²) < 4.78 is 5.43. The van der Waals surface area contributed by atoms with E-state index in [9.17, 15) is 0 Å². The molecule has 1 saturated heterocycles. The second kappa shape index (κ2) is 4.34. The van der Waals surface area contributed by atoms with Crippen LogP contribution in [0, 0.1) is 0 Å². The number of methoxy groups -OCH3 is 1. The number of piperazine rings is 1. The normalized spacial score (nSPS) is 19.6. The zero-order valence-corrected chi connectivity index (χ0v) is 10.3. The van der Waals surface area contributed by atoms with E-state index in [0.29, 0.717) is 0 Å². The Morgan fingerprint density at radius 2 is 2.06 bits per heavy atom. The predicted octanol–water partition coefficient (Wildman–Crippen LogP) is 1.88. The quantitative estimate of drug-likeness (QED) is 0.823. The van der Waals surface area contributed by atoms with Gasteiger partial charge in [0.25, 0.3) is 0 Å². The fourth-order valence-corrected chi connectivity index (χ4v) is 2.28. The minimum Gasteiger partial charge on any atom is -0.495 e. The molecule has 1 aliphatic heterocycles.